The molecule has 1 saturated carbocycles. The first-order valence-corrected chi connectivity index (χ1v) is 10.2. The Morgan fingerprint density at radius 1 is 1.10 bits per heavy atom. The highest BCUT2D eigenvalue weighted by Gasteiger charge is 2.61. The lowest BCUT2D eigenvalue weighted by Crippen LogP contribution is -2.46. The standard InChI is InChI=1S/C21H15BrF2N4O3/c22-16-5-1-11(8-25-16)31-12-2-6-17(26-9-12)27-20(29)28-21-7-13(21)18-14(23)3-4-15(24)19(18)30-10-21/h1-6,8-9,13H,7,10H2,(H2,26,27,28,29)/t13-,21-/m1/s1. The monoisotopic (exact) mass is 488 g/mol. The average Bonchev–Trinajstić information content (AvgIpc) is 3.47. The number of hydrogen-bond acceptors (Lipinski definition) is 5. The second kappa shape index (κ2) is 7.45. The SMILES string of the molecule is O=C(Nc1ccc(Oc2ccc(Br)nc2)cn1)N[C@]12COc3c(F)ccc(F)c3[C@H]1C2. The van der Waals surface area contributed by atoms with Gasteiger partial charge in [-0.05, 0) is 58.7 Å². The van der Waals surface area contributed by atoms with Crippen LogP contribution >= 0.6 is 15.9 Å². The van der Waals surface area contributed by atoms with Crippen molar-refractivity contribution in [3.05, 3.63) is 70.6 Å². The summed E-state index contributed by atoms with van der Waals surface area (Å²) in [5.41, 5.74) is -0.586. The second-order valence-electron chi connectivity index (χ2n) is 7.35. The van der Waals surface area contributed by atoms with Gasteiger partial charge in [-0.15, -0.1) is 0 Å². The Bertz CT molecular complexity index is 1160. The highest BCUT2D eigenvalue weighted by atomic mass is 79.9. The van der Waals surface area contributed by atoms with E-state index in [-0.39, 0.29) is 23.8 Å². The smallest absolute Gasteiger partial charge is 0.320 e. The van der Waals surface area contributed by atoms with Gasteiger partial charge in [0.05, 0.1) is 17.9 Å². The number of ether oxygens (including phenoxy) is 2. The first-order chi connectivity index (χ1) is 14.9. The first-order valence-electron chi connectivity index (χ1n) is 9.39. The number of anilines is 1. The number of nitrogens with one attached hydrogen (secondary N) is 2. The molecule has 1 aliphatic carbocycles. The van der Waals surface area contributed by atoms with E-state index in [2.05, 4.69) is 36.5 Å². The van der Waals surface area contributed by atoms with Crippen LogP contribution in [-0.4, -0.2) is 28.1 Å². The van der Waals surface area contributed by atoms with E-state index in [0.29, 0.717) is 28.3 Å². The number of nitrogens with zero attached hydrogens (tertiary/aromatic N) is 2. The van der Waals surface area contributed by atoms with Gasteiger partial charge in [0, 0.05) is 11.5 Å². The number of amides is 2. The van der Waals surface area contributed by atoms with Crippen molar-refractivity contribution in [2.75, 3.05) is 11.9 Å². The fourth-order valence-corrected chi connectivity index (χ4v) is 3.92. The molecule has 1 fully saturated rings. The summed E-state index contributed by atoms with van der Waals surface area (Å²) in [5.74, 6) is -0.217. The molecule has 0 saturated heterocycles. The van der Waals surface area contributed by atoms with Crippen molar-refractivity contribution < 1.29 is 23.0 Å². The molecule has 1 aromatic carbocycles. The maximum Gasteiger partial charge on any atom is 0.320 e. The Hall–Kier alpha value is -3.27. The molecule has 0 radical (unpaired) electrons. The number of urea groups is 1. The van der Waals surface area contributed by atoms with Gasteiger partial charge in [0.25, 0.3) is 0 Å². The van der Waals surface area contributed by atoms with Crippen LogP contribution in [0.4, 0.5) is 19.4 Å². The van der Waals surface area contributed by atoms with E-state index in [1.54, 1.807) is 30.5 Å². The lowest BCUT2D eigenvalue weighted by atomic mass is 10.0. The second-order valence-corrected chi connectivity index (χ2v) is 8.16. The van der Waals surface area contributed by atoms with Crippen LogP contribution in [0.1, 0.15) is 17.9 Å². The van der Waals surface area contributed by atoms with Crippen molar-refractivity contribution in [3.63, 3.8) is 0 Å². The quantitative estimate of drug-likeness (QED) is 0.517. The van der Waals surface area contributed by atoms with E-state index in [4.69, 9.17) is 9.47 Å². The summed E-state index contributed by atoms with van der Waals surface area (Å²) in [5, 5.41) is 5.45. The van der Waals surface area contributed by atoms with Gasteiger partial charge < -0.3 is 14.8 Å². The van der Waals surface area contributed by atoms with E-state index in [1.165, 1.54) is 6.20 Å². The molecule has 2 aromatic heterocycles. The number of fused-ring (bicyclic) bond motifs is 3. The molecule has 5 rings (SSSR count). The van der Waals surface area contributed by atoms with Crippen LogP contribution in [-0.2, 0) is 0 Å². The lowest BCUT2D eigenvalue weighted by molar-refractivity contribution is 0.209. The van der Waals surface area contributed by atoms with Gasteiger partial charge in [-0.1, -0.05) is 0 Å². The van der Waals surface area contributed by atoms with Crippen molar-refractivity contribution in [2.24, 2.45) is 0 Å². The maximum atomic E-state index is 14.2. The van der Waals surface area contributed by atoms with Gasteiger partial charge in [0.2, 0.25) is 0 Å². The molecule has 2 aliphatic rings. The number of carbonyl (C=O) groups excluding carboxylic acids is 1. The highest BCUT2D eigenvalue weighted by molar-refractivity contribution is 9.10. The Morgan fingerprint density at radius 3 is 2.55 bits per heavy atom. The van der Waals surface area contributed by atoms with Gasteiger partial charge in [-0.25, -0.2) is 23.5 Å². The van der Waals surface area contributed by atoms with E-state index < -0.39 is 23.2 Å². The number of aromatic nitrogens is 2. The van der Waals surface area contributed by atoms with E-state index in [1.807, 2.05) is 0 Å². The summed E-state index contributed by atoms with van der Waals surface area (Å²) >= 11 is 3.25. The zero-order valence-corrected chi connectivity index (χ0v) is 17.4. The topological polar surface area (TPSA) is 85.4 Å². The summed E-state index contributed by atoms with van der Waals surface area (Å²) < 4.78 is 39.8. The van der Waals surface area contributed by atoms with Gasteiger partial charge in [0.15, 0.2) is 11.6 Å². The normalized spacial score (nSPS) is 20.7. The molecule has 0 bridgehead atoms. The van der Waals surface area contributed by atoms with Gasteiger partial charge in [-0.2, -0.15) is 0 Å². The Kier molecular flexibility index (Phi) is 4.73. The van der Waals surface area contributed by atoms with Crippen molar-refractivity contribution in [1.82, 2.24) is 15.3 Å². The fourth-order valence-electron chi connectivity index (χ4n) is 3.69. The molecule has 3 aromatic rings. The summed E-state index contributed by atoms with van der Waals surface area (Å²) in [7, 11) is 0. The van der Waals surface area contributed by atoms with Crippen LogP contribution in [0.3, 0.4) is 0 Å². The highest BCUT2D eigenvalue weighted by Crippen LogP contribution is 2.58. The van der Waals surface area contributed by atoms with Crippen LogP contribution in [0.5, 0.6) is 17.2 Å². The Morgan fingerprint density at radius 2 is 1.84 bits per heavy atom. The molecule has 2 atom stereocenters. The summed E-state index contributed by atoms with van der Waals surface area (Å²) in [6, 6.07) is 8.35. The van der Waals surface area contributed by atoms with Crippen LogP contribution < -0.4 is 20.1 Å². The number of benzene rings is 1. The van der Waals surface area contributed by atoms with E-state index in [9.17, 15) is 13.6 Å². The number of carbonyl (C=O) groups is 1. The molecule has 31 heavy (non-hydrogen) atoms. The zero-order chi connectivity index (χ0) is 21.6. The minimum Gasteiger partial charge on any atom is -0.488 e. The van der Waals surface area contributed by atoms with Crippen molar-refractivity contribution in [3.8, 4) is 17.2 Å². The number of halogens is 3. The van der Waals surface area contributed by atoms with Crippen molar-refractivity contribution in [2.45, 2.75) is 17.9 Å². The molecule has 3 heterocycles. The van der Waals surface area contributed by atoms with Crippen LogP contribution in [0.15, 0.2) is 53.4 Å². The lowest BCUT2D eigenvalue weighted by Gasteiger charge is -2.26. The summed E-state index contributed by atoms with van der Waals surface area (Å²) in [4.78, 5) is 20.7. The molecular formula is C21H15BrF2N4O3. The van der Waals surface area contributed by atoms with Crippen molar-refractivity contribution >= 4 is 27.8 Å². The van der Waals surface area contributed by atoms with Crippen LogP contribution in [0.25, 0.3) is 0 Å². The third kappa shape index (κ3) is 3.78. The number of rotatable bonds is 4. The Labute approximate surface area is 183 Å². The van der Waals surface area contributed by atoms with Gasteiger partial charge >= 0.3 is 6.03 Å². The Balaban J connectivity index is 1.22. The van der Waals surface area contributed by atoms with Crippen LogP contribution in [0, 0.1) is 11.6 Å². The predicted octanol–water partition coefficient (Wildman–Crippen LogP) is 4.75. The summed E-state index contributed by atoms with van der Waals surface area (Å²) in [6.07, 6.45) is 3.50. The third-order valence-electron chi connectivity index (χ3n) is 5.27. The van der Waals surface area contributed by atoms with E-state index in [0.717, 1.165) is 12.1 Å². The zero-order valence-electron chi connectivity index (χ0n) is 15.9. The number of pyridine rings is 2. The molecule has 2 N–H and O–H groups in total. The van der Waals surface area contributed by atoms with Gasteiger partial charge in [-0.3, -0.25) is 5.32 Å². The van der Waals surface area contributed by atoms with E-state index >= 15 is 0 Å². The molecule has 0 spiro atoms. The summed E-state index contributed by atoms with van der Waals surface area (Å²) in [6.45, 7) is 0.0693. The molecular weight excluding hydrogens is 474 g/mol. The third-order valence-corrected chi connectivity index (χ3v) is 5.74. The molecule has 1 aliphatic heterocycles. The van der Waals surface area contributed by atoms with Gasteiger partial charge in [0.1, 0.15) is 34.3 Å². The minimum absolute atomic E-state index is 0.0693. The molecule has 7 nitrogen and oxygen atoms in total. The van der Waals surface area contributed by atoms with Crippen LogP contribution in [0.2, 0.25) is 0 Å². The average molecular weight is 489 g/mol. The molecule has 2 amide bonds. The fraction of sp³-hybridized carbons (Fsp3) is 0.190. The van der Waals surface area contributed by atoms with Crippen molar-refractivity contribution in [1.29, 1.82) is 0 Å². The number of hydrogen-bond donors (Lipinski definition) is 2. The molecule has 158 valence electrons. The molecule has 0 unspecified atom stereocenters. The predicted molar refractivity (Wildman–Crippen MR) is 110 cm³/mol. The maximum absolute atomic E-state index is 14.2. The largest absolute Gasteiger partial charge is 0.488 e. The molecule has 10 heteroatoms. The first kappa shape index (κ1) is 19.7. The minimum atomic E-state index is -0.761.